The highest BCUT2D eigenvalue weighted by Crippen LogP contribution is 2.23. The van der Waals surface area contributed by atoms with Crippen LogP contribution >= 0.6 is 0 Å². The maximum absolute atomic E-state index is 12.7. The van der Waals surface area contributed by atoms with Gasteiger partial charge in [0.25, 0.3) is 5.91 Å². The molecule has 1 aromatic heterocycles. The molecule has 1 unspecified atom stereocenters. The van der Waals surface area contributed by atoms with Crippen molar-refractivity contribution in [2.45, 2.75) is 39.3 Å². The van der Waals surface area contributed by atoms with Crippen molar-refractivity contribution in [3.8, 4) is 0 Å². The van der Waals surface area contributed by atoms with Crippen LogP contribution < -0.4 is 22.1 Å². The van der Waals surface area contributed by atoms with Crippen molar-refractivity contribution < 1.29 is 23.9 Å². The third-order valence-corrected chi connectivity index (χ3v) is 5.27. The summed E-state index contributed by atoms with van der Waals surface area (Å²) in [4.78, 5) is 44.8. The minimum atomic E-state index is -0.956. The lowest BCUT2D eigenvalue weighted by atomic mass is 10.1. The lowest BCUT2D eigenvalue weighted by molar-refractivity contribution is -0.146. The summed E-state index contributed by atoms with van der Waals surface area (Å²) in [6.45, 7) is 4.27. The number of anilines is 3. The number of aromatic nitrogens is 2. The van der Waals surface area contributed by atoms with E-state index in [4.69, 9.17) is 20.9 Å². The van der Waals surface area contributed by atoms with Gasteiger partial charge in [-0.2, -0.15) is 4.98 Å². The molecule has 1 amide bonds. The van der Waals surface area contributed by atoms with Crippen LogP contribution in [0.25, 0.3) is 10.9 Å². The molecule has 11 heteroatoms. The molecule has 0 saturated heterocycles. The number of nitrogens with two attached hydrogens (primary N) is 2. The van der Waals surface area contributed by atoms with E-state index >= 15 is 0 Å². The first-order chi connectivity index (χ1) is 17.3. The first-order valence-corrected chi connectivity index (χ1v) is 11.6. The Bertz CT molecular complexity index is 1230. The average molecular weight is 495 g/mol. The highest BCUT2D eigenvalue weighted by Gasteiger charge is 2.24. The zero-order valence-corrected chi connectivity index (χ0v) is 20.2. The molecule has 1 heterocycles. The second kappa shape index (κ2) is 12.3. The Kier molecular flexibility index (Phi) is 8.98. The standard InChI is InChI=1S/C25H30N6O5/c1-3-35-21(32)12-11-20(24(34)36-4-2)29-23(33)16-7-5-15(6-8-16)14-28-17-9-10-19-18(13-17)22(26)31-25(27)30-19/h5-10,13,20,28H,3-4,11-12,14H2,1-2H3,(H,29,33)(H4,26,27,30,31). The van der Waals surface area contributed by atoms with Gasteiger partial charge in [0.1, 0.15) is 11.9 Å². The third kappa shape index (κ3) is 7.05. The van der Waals surface area contributed by atoms with Gasteiger partial charge in [-0.15, -0.1) is 0 Å². The molecule has 2 aromatic carbocycles. The summed E-state index contributed by atoms with van der Waals surface area (Å²) in [6, 6.07) is 11.5. The smallest absolute Gasteiger partial charge is 0.328 e. The largest absolute Gasteiger partial charge is 0.466 e. The number of ether oxygens (including phenoxy) is 2. The molecular weight excluding hydrogens is 464 g/mol. The number of rotatable bonds is 11. The van der Waals surface area contributed by atoms with Crippen LogP contribution in [-0.2, 0) is 25.6 Å². The highest BCUT2D eigenvalue weighted by molar-refractivity contribution is 5.97. The van der Waals surface area contributed by atoms with Crippen LogP contribution in [0, 0.1) is 0 Å². The molecule has 0 fully saturated rings. The fraction of sp³-hybridized carbons (Fsp3) is 0.320. The molecule has 0 saturated carbocycles. The Labute approximate surface area is 208 Å². The van der Waals surface area contributed by atoms with E-state index in [0.717, 1.165) is 11.3 Å². The van der Waals surface area contributed by atoms with Gasteiger partial charge >= 0.3 is 11.9 Å². The Morgan fingerprint density at radius 3 is 2.39 bits per heavy atom. The van der Waals surface area contributed by atoms with Gasteiger partial charge in [-0.1, -0.05) is 12.1 Å². The van der Waals surface area contributed by atoms with Crippen molar-refractivity contribution in [3.05, 3.63) is 53.6 Å². The monoisotopic (exact) mass is 494 g/mol. The molecule has 3 rings (SSSR count). The molecule has 36 heavy (non-hydrogen) atoms. The predicted octanol–water partition coefficient (Wildman–Crippen LogP) is 2.41. The second-order valence-corrected chi connectivity index (χ2v) is 7.87. The Hall–Kier alpha value is -4.41. The van der Waals surface area contributed by atoms with Gasteiger partial charge in [-0.25, -0.2) is 9.78 Å². The molecule has 1 atom stereocenters. The summed E-state index contributed by atoms with van der Waals surface area (Å²) in [6.07, 6.45) is 0.0709. The number of nitrogen functional groups attached to an aromatic ring is 2. The lowest BCUT2D eigenvalue weighted by Crippen LogP contribution is -2.42. The fourth-order valence-electron chi connectivity index (χ4n) is 3.49. The Balaban J connectivity index is 1.61. The van der Waals surface area contributed by atoms with E-state index < -0.39 is 23.9 Å². The molecule has 190 valence electrons. The van der Waals surface area contributed by atoms with E-state index in [1.165, 1.54) is 0 Å². The maximum Gasteiger partial charge on any atom is 0.328 e. The SMILES string of the molecule is CCOC(=O)CCC(NC(=O)c1ccc(CNc2ccc3nc(N)nc(N)c3c2)cc1)C(=O)OCC. The van der Waals surface area contributed by atoms with E-state index in [9.17, 15) is 14.4 Å². The average Bonchev–Trinajstić information content (AvgIpc) is 2.85. The minimum absolute atomic E-state index is 0.0118. The normalized spacial score (nSPS) is 11.5. The molecule has 3 aromatic rings. The van der Waals surface area contributed by atoms with Gasteiger partial charge in [0.15, 0.2) is 0 Å². The van der Waals surface area contributed by atoms with E-state index in [2.05, 4.69) is 20.6 Å². The predicted molar refractivity (Wildman–Crippen MR) is 136 cm³/mol. The quantitative estimate of drug-likeness (QED) is 0.290. The Morgan fingerprint density at radius 2 is 1.69 bits per heavy atom. The fourth-order valence-corrected chi connectivity index (χ4v) is 3.49. The highest BCUT2D eigenvalue weighted by atomic mass is 16.5. The number of amides is 1. The van der Waals surface area contributed by atoms with Crippen LogP contribution in [0.1, 0.15) is 42.6 Å². The van der Waals surface area contributed by atoms with Gasteiger partial charge in [0, 0.05) is 29.6 Å². The van der Waals surface area contributed by atoms with Crippen molar-refractivity contribution >= 4 is 46.2 Å². The summed E-state index contributed by atoms with van der Waals surface area (Å²) >= 11 is 0. The summed E-state index contributed by atoms with van der Waals surface area (Å²) in [5.74, 6) is -1.05. The summed E-state index contributed by atoms with van der Waals surface area (Å²) < 4.78 is 9.92. The molecule has 0 radical (unpaired) electrons. The van der Waals surface area contributed by atoms with E-state index in [0.29, 0.717) is 28.8 Å². The minimum Gasteiger partial charge on any atom is -0.466 e. The molecule has 0 aliphatic heterocycles. The number of nitrogens with one attached hydrogen (secondary N) is 2. The van der Waals surface area contributed by atoms with Crippen LogP contribution in [0.2, 0.25) is 0 Å². The van der Waals surface area contributed by atoms with Crippen molar-refractivity contribution in [1.82, 2.24) is 15.3 Å². The zero-order chi connectivity index (χ0) is 26.1. The van der Waals surface area contributed by atoms with Crippen molar-refractivity contribution in [3.63, 3.8) is 0 Å². The number of nitrogens with zero attached hydrogens (tertiary/aromatic N) is 2. The third-order valence-electron chi connectivity index (χ3n) is 5.27. The van der Waals surface area contributed by atoms with Crippen LogP contribution in [0.5, 0.6) is 0 Å². The second-order valence-electron chi connectivity index (χ2n) is 7.87. The number of carbonyl (C=O) groups excluding carboxylic acids is 3. The molecule has 0 aliphatic rings. The zero-order valence-electron chi connectivity index (χ0n) is 20.2. The van der Waals surface area contributed by atoms with Gasteiger partial charge in [0.05, 0.1) is 18.7 Å². The van der Waals surface area contributed by atoms with Crippen molar-refractivity contribution in [2.24, 2.45) is 0 Å². The van der Waals surface area contributed by atoms with Crippen molar-refractivity contribution in [2.75, 3.05) is 30.0 Å². The van der Waals surface area contributed by atoms with E-state index in [1.807, 2.05) is 12.1 Å². The van der Waals surface area contributed by atoms with E-state index in [-0.39, 0.29) is 32.0 Å². The number of esters is 2. The van der Waals surface area contributed by atoms with Gasteiger partial charge in [0.2, 0.25) is 5.95 Å². The summed E-state index contributed by atoms with van der Waals surface area (Å²) in [5.41, 5.74) is 14.4. The molecule has 0 bridgehead atoms. The van der Waals surface area contributed by atoms with E-state index in [1.54, 1.807) is 44.2 Å². The summed E-state index contributed by atoms with van der Waals surface area (Å²) in [7, 11) is 0. The number of hydrogen-bond donors (Lipinski definition) is 4. The van der Waals surface area contributed by atoms with Crippen LogP contribution in [0.15, 0.2) is 42.5 Å². The number of benzene rings is 2. The first-order valence-electron chi connectivity index (χ1n) is 11.6. The van der Waals surface area contributed by atoms with Crippen molar-refractivity contribution in [1.29, 1.82) is 0 Å². The number of hydrogen-bond acceptors (Lipinski definition) is 10. The lowest BCUT2D eigenvalue weighted by Gasteiger charge is -2.17. The number of fused-ring (bicyclic) bond motifs is 1. The number of carbonyl (C=O) groups is 3. The van der Waals surface area contributed by atoms with Crippen LogP contribution in [0.4, 0.5) is 17.5 Å². The maximum atomic E-state index is 12.7. The summed E-state index contributed by atoms with van der Waals surface area (Å²) in [5, 5.41) is 6.64. The van der Waals surface area contributed by atoms with Gasteiger partial charge in [-0.05, 0) is 56.2 Å². The van der Waals surface area contributed by atoms with Gasteiger partial charge in [-0.3, -0.25) is 9.59 Å². The van der Waals surface area contributed by atoms with Gasteiger partial charge < -0.3 is 31.6 Å². The first kappa shape index (κ1) is 26.2. The molecule has 0 aliphatic carbocycles. The topological polar surface area (TPSA) is 172 Å². The molecule has 6 N–H and O–H groups in total. The molecule has 0 spiro atoms. The van der Waals surface area contributed by atoms with Crippen LogP contribution in [-0.4, -0.2) is 47.1 Å². The Morgan fingerprint density at radius 1 is 0.972 bits per heavy atom. The molecule has 11 nitrogen and oxygen atoms in total. The van der Waals surface area contributed by atoms with Crippen LogP contribution in [0.3, 0.4) is 0 Å². The molecular formula is C25H30N6O5.